The van der Waals surface area contributed by atoms with Crippen LogP contribution in [0.2, 0.25) is 0 Å². The van der Waals surface area contributed by atoms with E-state index < -0.39 is 0 Å². The zero-order chi connectivity index (χ0) is 21.1. The molecule has 4 rings (SSSR count). The van der Waals surface area contributed by atoms with Gasteiger partial charge in [-0.15, -0.1) is 0 Å². The van der Waals surface area contributed by atoms with Crippen LogP contribution in [0.1, 0.15) is 29.2 Å². The van der Waals surface area contributed by atoms with Crippen LogP contribution in [0.3, 0.4) is 0 Å². The van der Waals surface area contributed by atoms with Crippen molar-refractivity contribution >= 4 is 40.3 Å². The molecule has 1 aliphatic heterocycles. The molecule has 0 unspecified atom stereocenters. The van der Waals surface area contributed by atoms with Crippen molar-refractivity contribution in [3.8, 4) is 0 Å². The smallest absolute Gasteiger partial charge is 0.268 e. The minimum absolute atomic E-state index is 0.0406. The van der Waals surface area contributed by atoms with Gasteiger partial charge in [0, 0.05) is 0 Å². The number of amidine groups is 1. The molecule has 0 aromatic heterocycles. The summed E-state index contributed by atoms with van der Waals surface area (Å²) < 4.78 is 0. The fourth-order valence-corrected chi connectivity index (χ4v) is 4.36. The number of carbonyl (C=O) groups excluding carboxylic acids is 1. The number of carbonyl (C=O) groups is 1. The van der Waals surface area contributed by atoms with Gasteiger partial charge in [-0.05, 0) is 72.5 Å². The van der Waals surface area contributed by atoms with Gasteiger partial charge >= 0.3 is 0 Å². The van der Waals surface area contributed by atoms with E-state index in [1.165, 1.54) is 17.3 Å². The maximum Gasteiger partial charge on any atom is 0.271 e. The van der Waals surface area contributed by atoms with E-state index in [-0.39, 0.29) is 5.91 Å². The maximum absolute atomic E-state index is 13.4. The lowest BCUT2D eigenvalue weighted by Gasteiger charge is -2.18. The summed E-state index contributed by atoms with van der Waals surface area (Å²) in [6.07, 6.45) is 2.96. The second-order valence-electron chi connectivity index (χ2n) is 7.31. The van der Waals surface area contributed by atoms with Gasteiger partial charge < -0.3 is 0 Å². The molecule has 0 spiro atoms. The van der Waals surface area contributed by atoms with Crippen LogP contribution in [0.4, 0.5) is 11.4 Å². The molecule has 1 amide bonds. The lowest BCUT2D eigenvalue weighted by Crippen LogP contribution is -2.29. The van der Waals surface area contributed by atoms with Crippen molar-refractivity contribution in [1.82, 2.24) is 0 Å². The Morgan fingerprint density at radius 3 is 2.23 bits per heavy atom. The van der Waals surface area contributed by atoms with Crippen molar-refractivity contribution < 1.29 is 4.79 Å². The van der Waals surface area contributed by atoms with Crippen molar-refractivity contribution in [2.75, 3.05) is 4.90 Å². The zero-order valence-corrected chi connectivity index (χ0v) is 18.2. The number of rotatable bonds is 4. The highest BCUT2D eigenvalue weighted by atomic mass is 32.2. The number of benzene rings is 3. The summed E-state index contributed by atoms with van der Waals surface area (Å²) in [7, 11) is 0. The third-order valence-corrected chi connectivity index (χ3v) is 6.15. The first kappa shape index (κ1) is 20.2. The van der Waals surface area contributed by atoms with Gasteiger partial charge in [0.2, 0.25) is 0 Å². The third-order valence-electron chi connectivity index (χ3n) is 5.18. The van der Waals surface area contributed by atoms with Crippen LogP contribution in [0.15, 0.2) is 82.7 Å². The standard InChI is InChI=1S/C26H24N2OS/c1-4-20-13-15-21(16-14-20)17-24-25(29)28(23-12-8-6-10-19(23)3)26(30-24)27-22-11-7-5-9-18(22)2/h5-17H,4H2,1-3H3/b24-17-,27-26?. The molecule has 0 saturated carbocycles. The Balaban J connectivity index is 1.79. The van der Waals surface area contributed by atoms with Gasteiger partial charge in [-0.1, -0.05) is 67.6 Å². The van der Waals surface area contributed by atoms with Gasteiger partial charge in [-0.2, -0.15) is 0 Å². The van der Waals surface area contributed by atoms with Crippen LogP contribution in [0, 0.1) is 13.8 Å². The van der Waals surface area contributed by atoms with Gasteiger partial charge in [0.05, 0.1) is 16.3 Å². The van der Waals surface area contributed by atoms with Crippen molar-refractivity contribution in [2.24, 2.45) is 4.99 Å². The number of para-hydroxylation sites is 2. The number of aliphatic imine (C=N–C) groups is 1. The van der Waals surface area contributed by atoms with Gasteiger partial charge in [0.15, 0.2) is 5.17 Å². The Hall–Kier alpha value is -3.11. The van der Waals surface area contributed by atoms with Crippen LogP contribution in [-0.4, -0.2) is 11.1 Å². The molecule has 3 nitrogen and oxygen atoms in total. The Bertz CT molecular complexity index is 1150. The summed E-state index contributed by atoms with van der Waals surface area (Å²) in [6.45, 7) is 6.19. The predicted molar refractivity (Wildman–Crippen MR) is 128 cm³/mol. The molecule has 0 N–H and O–H groups in total. The van der Waals surface area contributed by atoms with E-state index in [1.54, 1.807) is 4.90 Å². The average Bonchev–Trinajstić information content (AvgIpc) is 3.05. The van der Waals surface area contributed by atoms with Crippen LogP contribution in [0.25, 0.3) is 6.08 Å². The van der Waals surface area contributed by atoms with Crippen molar-refractivity contribution in [2.45, 2.75) is 27.2 Å². The lowest BCUT2D eigenvalue weighted by atomic mass is 10.1. The molecule has 3 aromatic rings. The normalized spacial score (nSPS) is 16.6. The topological polar surface area (TPSA) is 32.7 Å². The molecule has 1 aliphatic rings. The second kappa shape index (κ2) is 8.72. The Morgan fingerprint density at radius 2 is 1.57 bits per heavy atom. The van der Waals surface area contributed by atoms with Crippen LogP contribution in [-0.2, 0) is 11.2 Å². The summed E-state index contributed by atoms with van der Waals surface area (Å²) in [5.41, 5.74) is 6.16. The maximum atomic E-state index is 13.4. The molecule has 0 radical (unpaired) electrons. The summed E-state index contributed by atoms with van der Waals surface area (Å²) >= 11 is 1.43. The number of hydrogen-bond acceptors (Lipinski definition) is 3. The minimum atomic E-state index is -0.0406. The minimum Gasteiger partial charge on any atom is -0.268 e. The molecule has 1 fully saturated rings. The number of amides is 1. The van der Waals surface area contributed by atoms with E-state index >= 15 is 0 Å². The number of anilines is 1. The molecule has 1 saturated heterocycles. The molecule has 4 heteroatoms. The van der Waals surface area contributed by atoms with Crippen molar-refractivity contribution in [3.05, 3.63) is 100.0 Å². The summed E-state index contributed by atoms with van der Waals surface area (Å²) in [5, 5.41) is 0.681. The summed E-state index contributed by atoms with van der Waals surface area (Å²) in [4.78, 5) is 20.7. The van der Waals surface area contributed by atoms with Gasteiger partial charge in [0.1, 0.15) is 0 Å². The molecular formula is C26H24N2OS. The average molecular weight is 413 g/mol. The van der Waals surface area contributed by atoms with Crippen LogP contribution < -0.4 is 4.90 Å². The Kier molecular flexibility index (Phi) is 5.86. The molecule has 0 bridgehead atoms. The molecule has 0 aliphatic carbocycles. The first-order valence-electron chi connectivity index (χ1n) is 10.1. The zero-order valence-electron chi connectivity index (χ0n) is 17.4. The van der Waals surface area contributed by atoms with Crippen molar-refractivity contribution in [1.29, 1.82) is 0 Å². The molecule has 0 atom stereocenters. The van der Waals surface area contributed by atoms with Gasteiger partial charge in [-0.25, -0.2) is 4.99 Å². The molecule has 1 heterocycles. The van der Waals surface area contributed by atoms with E-state index in [4.69, 9.17) is 4.99 Å². The van der Waals surface area contributed by atoms with Gasteiger partial charge in [-0.3, -0.25) is 9.69 Å². The Morgan fingerprint density at radius 1 is 0.900 bits per heavy atom. The summed E-state index contributed by atoms with van der Waals surface area (Å²) in [6, 6.07) is 24.3. The van der Waals surface area contributed by atoms with Crippen molar-refractivity contribution in [3.63, 3.8) is 0 Å². The van der Waals surface area contributed by atoms with Gasteiger partial charge in [0.25, 0.3) is 5.91 Å². The molecule has 30 heavy (non-hydrogen) atoms. The highest BCUT2D eigenvalue weighted by Crippen LogP contribution is 2.38. The molecular weight excluding hydrogens is 388 g/mol. The van der Waals surface area contributed by atoms with Crippen LogP contribution >= 0.6 is 11.8 Å². The van der Waals surface area contributed by atoms with Crippen LogP contribution in [0.5, 0.6) is 0 Å². The predicted octanol–water partition coefficient (Wildman–Crippen LogP) is 6.67. The monoisotopic (exact) mass is 412 g/mol. The van der Waals surface area contributed by atoms with E-state index in [1.807, 2.05) is 68.5 Å². The number of aryl methyl sites for hydroxylation is 3. The van der Waals surface area contributed by atoms with E-state index in [9.17, 15) is 4.79 Å². The SMILES string of the molecule is CCc1ccc(/C=C2\SC(=Nc3ccccc3C)N(c3ccccc3C)C2=O)cc1. The fraction of sp³-hybridized carbons (Fsp3) is 0.154. The van der Waals surface area contributed by atoms with E-state index in [0.29, 0.717) is 10.1 Å². The number of hydrogen-bond donors (Lipinski definition) is 0. The number of thioether (sulfide) groups is 1. The Labute approximate surface area is 182 Å². The molecule has 3 aromatic carbocycles. The third kappa shape index (κ3) is 4.10. The fourth-order valence-electron chi connectivity index (χ4n) is 3.37. The largest absolute Gasteiger partial charge is 0.271 e. The quantitative estimate of drug-likeness (QED) is 0.448. The summed E-state index contributed by atoms with van der Waals surface area (Å²) in [5.74, 6) is -0.0406. The van der Waals surface area contributed by atoms with E-state index in [2.05, 4.69) is 31.2 Å². The first-order valence-corrected chi connectivity index (χ1v) is 10.9. The molecule has 150 valence electrons. The highest BCUT2D eigenvalue weighted by Gasteiger charge is 2.35. The number of nitrogens with zero attached hydrogens (tertiary/aromatic N) is 2. The lowest BCUT2D eigenvalue weighted by molar-refractivity contribution is -0.113. The highest BCUT2D eigenvalue weighted by molar-refractivity contribution is 8.19. The van der Waals surface area contributed by atoms with E-state index in [0.717, 1.165) is 34.5 Å². The second-order valence-corrected chi connectivity index (χ2v) is 8.32. The first-order chi connectivity index (χ1) is 14.6.